The Labute approximate surface area is 165 Å². The van der Waals surface area contributed by atoms with Crippen molar-refractivity contribution in [2.45, 2.75) is 26.2 Å². The van der Waals surface area contributed by atoms with Gasteiger partial charge in [0.2, 0.25) is 5.78 Å². The first-order valence-corrected chi connectivity index (χ1v) is 9.47. The maximum Gasteiger partial charge on any atom is 0.215 e. The van der Waals surface area contributed by atoms with Gasteiger partial charge in [-0.2, -0.15) is 0 Å². The number of anilines is 2. The second kappa shape index (κ2) is 9.08. The number of nitrogens with zero attached hydrogens (tertiary/aromatic N) is 4. The summed E-state index contributed by atoms with van der Waals surface area (Å²) in [5.41, 5.74) is 7.78. The van der Waals surface area contributed by atoms with Crippen molar-refractivity contribution in [1.29, 1.82) is 0 Å². The van der Waals surface area contributed by atoms with Crippen LogP contribution in [0.5, 0.6) is 0 Å². The molecule has 1 unspecified atom stereocenters. The first-order chi connectivity index (χ1) is 13.6. The topological polar surface area (TPSA) is 85.0 Å². The molecule has 0 saturated heterocycles. The van der Waals surface area contributed by atoms with Crippen LogP contribution in [0.3, 0.4) is 0 Å². The Morgan fingerprint density at radius 3 is 2.68 bits per heavy atom. The monoisotopic (exact) mass is 375 g/mol. The van der Waals surface area contributed by atoms with Gasteiger partial charge in [0, 0.05) is 37.6 Å². The number of carbonyl (C=O) groups is 1. The first-order valence-electron chi connectivity index (χ1n) is 9.47. The number of rotatable bonds is 8. The third kappa shape index (κ3) is 4.52. The highest BCUT2D eigenvalue weighted by Crippen LogP contribution is 2.21. The van der Waals surface area contributed by atoms with Crippen LogP contribution < -0.4 is 10.6 Å². The van der Waals surface area contributed by atoms with Gasteiger partial charge >= 0.3 is 0 Å². The molecule has 0 amide bonds. The van der Waals surface area contributed by atoms with Crippen LogP contribution in [0.2, 0.25) is 0 Å². The Hall–Kier alpha value is -3.28. The number of aromatic nitrogens is 3. The summed E-state index contributed by atoms with van der Waals surface area (Å²) in [5, 5.41) is 0. The Bertz CT molecular complexity index is 929. The maximum absolute atomic E-state index is 12.8. The van der Waals surface area contributed by atoms with Gasteiger partial charge in [0.05, 0.1) is 5.56 Å². The summed E-state index contributed by atoms with van der Waals surface area (Å²) in [7, 11) is 0. The van der Waals surface area contributed by atoms with Gasteiger partial charge in [0.15, 0.2) is 0 Å². The molecule has 2 N–H and O–H groups in total. The van der Waals surface area contributed by atoms with Gasteiger partial charge in [0.1, 0.15) is 17.3 Å². The lowest BCUT2D eigenvalue weighted by molar-refractivity contribution is 0.103. The van der Waals surface area contributed by atoms with E-state index in [0.29, 0.717) is 11.3 Å². The molecule has 0 fully saturated rings. The van der Waals surface area contributed by atoms with Crippen LogP contribution in [0.15, 0.2) is 61.1 Å². The number of ketones is 1. The molecule has 0 saturated carbocycles. The van der Waals surface area contributed by atoms with Crippen LogP contribution in [0, 0.1) is 0 Å². The summed E-state index contributed by atoms with van der Waals surface area (Å²) < 4.78 is 0. The number of nitrogens with two attached hydrogens (primary N) is 1. The van der Waals surface area contributed by atoms with E-state index < -0.39 is 0 Å². The first kappa shape index (κ1) is 19.5. The van der Waals surface area contributed by atoms with Gasteiger partial charge in [-0.05, 0) is 42.3 Å². The standard InChI is InChI=1S/C22H25N5O/c1-3-13-27(15-16(2)17-7-5-11-24-14-17)20-10-4-9-19(26-20)21(28)18-8-6-12-25-22(18)23/h4-12,14,16H,3,13,15H2,1-2H3,(H2,23,25). The van der Waals surface area contributed by atoms with Gasteiger partial charge in [-0.1, -0.05) is 26.0 Å². The van der Waals surface area contributed by atoms with Crippen LogP contribution in [0.25, 0.3) is 0 Å². The molecule has 3 rings (SSSR count). The molecular weight excluding hydrogens is 350 g/mol. The van der Waals surface area contributed by atoms with Crippen molar-refractivity contribution in [3.8, 4) is 0 Å². The highest BCUT2D eigenvalue weighted by atomic mass is 16.1. The molecule has 3 aromatic rings. The van der Waals surface area contributed by atoms with Gasteiger partial charge < -0.3 is 10.6 Å². The van der Waals surface area contributed by atoms with Crippen molar-refractivity contribution in [3.63, 3.8) is 0 Å². The van der Waals surface area contributed by atoms with E-state index in [2.05, 4.69) is 39.8 Å². The second-order valence-corrected chi connectivity index (χ2v) is 6.78. The largest absolute Gasteiger partial charge is 0.383 e. The molecule has 0 radical (unpaired) electrons. The summed E-state index contributed by atoms with van der Waals surface area (Å²) in [5.74, 6) is 1.07. The maximum atomic E-state index is 12.8. The lowest BCUT2D eigenvalue weighted by atomic mass is 10.0. The van der Waals surface area contributed by atoms with Gasteiger partial charge in [-0.15, -0.1) is 0 Å². The molecular formula is C22H25N5O. The van der Waals surface area contributed by atoms with E-state index >= 15 is 0 Å². The number of nitrogen functional groups attached to an aromatic ring is 1. The van der Waals surface area contributed by atoms with Gasteiger partial charge in [-0.25, -0.2) is 9.97 Å². The minimum atomic E-state index is -0.218. The zero-order valence-electron chi connectivity index (χ0n) is 16.2. The molecule has 3 heterocycles. The fraction of sp³-hybridized carbons (Fsp3) is 0.273. The molecule has 0 aliphatic heterocycles. The van der Waals surface area contributed by atoms with Crippen molar-refractivity contribution in [2.24, 2.45) is 0 Å². The minimum absolute atomic E-state index is 0.218. The van der Waals surface area contributed by atoms with E-state index in [0.717, 1.165) is 25.3 Å². The van der Waals surface area contributed by atoms with E-state index in [9.17, 15) is 4.79 Å². The van der Waals surface area contributed by atoms with E-state index in [-0.39, 0.29) is 17.5 Å². The third-order valence-electron chi connectivity index (χ3n) is 4.62. The van der Waals surface area contributed by atoms with Crippen LogP contribution in [0.4, 0.5) is 11.6 Å². The molecule has 6 nitrogen and oxygen atoms in total. The van der Waals surface area contributed by atoms with Crippen LogP contribution in [-0.2, 0) is 0 Å². The van der Waals surface area contributed by atoms with Crippen molar-refractivity contribution >= 4 is 17.4 Å². The van der Waals surface area contributed by atoms with Crippen molar-refractivity contribution in [1.82, 2.24) is 15.0 Å². The Kier molecular flexibility index (Phi) is 6.32. The van der Waals surface area contributed by atoms with Crippen molar-refractivity contribution in [2.75, 3.05) is 23.7 Å². The minimum Gasteiger partial charge on any atom is -0.383 e. The summed E-state index contributed by atoms with van der Waals surface area (Å²) in [6, 6.07) is 12.9. The van der Waals surface area contributed by atoms with E-state index in [4.69, 9.17) is 5.73 Å². The Morgan fingerprint density at radius 2 is 1.96 bits per heavy atom. The van der Waals surface area contributed by atoms with E-state index in [1.165, 1.54) is 5.56 Å². The summed E-state index contributed by atoms with van der Waals surface area (Å²) in [6.07, 6.45) is 6.22. The molecule has 0 aromatic carbocycles. The van der Waals surface area contributed by atoms with Crippen LogP contribution in [0.1, 0.15) is 47.8 Å². The fourth-order valence-corrected chi connectivity index (χ4v) is 3.15. The molecule has 0 spiro atoms. The smallest absolute Gasteiger partial charge is 0.215 e. The fourth-order valence-electron chi connectivity index (χ4n) is 3.15. The average molecular weight is 375 g/mol. The molecule has 0 bridgehead atoms. The summed E-state index contributed by atoms with van der Waals surface area (Å²) in [6.45, 7) is 5.95. The predicted molar refractivity (Wildman–Crippen MR) is 111 cm³/mol. The Balaban J connectivity index is 1.85. The third-order valence-corrected chi connectivity index (χ3v) is 4.62. The molecule has 28 heavy (non-hydrogen) atoms. The zero-order valence-corrected chi connectivity index (χ0v) is 16.2. The van der Waals surface area contributed by atoms with Crippen molar-refractivity contribution in [3.05, 3.63) is 77.9 Å². The normalized spacial score (nSPS) is 11.8. The van der Waals surface area contributed by atoms with Crippen molar-refractivity contribution < 1.29 is 4.79 Å². The highest BCUT2D eigenvalue weighted by molar-refractivity contribution is 6.10. The lowest BCUT2D eigenvalue weighted by Crippen LogP contribution is -2.29. The predicted octanol–water partition coefficient (Wildman–Crippen LogP) is 3.70. The molecule has 6 heteroatoms. The van der Waals surface area contributed by atoms with E-state index in [1.807, 2.05) is 24.4 Å². The molecule has 0 aliphatic rings. The van der Waals surface area contributed by atoms with Gasteiger partial charge in [-0.3, -0.25) is 9.78 Å². The average Bonchev–Trinajstić information content (AvgIpc) is 2.74. The lowest BCUT2D eigenvalue weighted by Gasteiger charge is -2.27. The Morgan fingerprint density at radius 1 is 1.14 bits per heavy atom. The highest BCUT2D eigenvalue weighted by Gasteiger charge is 2.18. The van der Waals surface area contributed by atoms with Crippen LogP contribution in [-0.4, -0.2) is 33.8 Å². The molecule has 0 aliphatic carbocycles. The second-order valence-electron chi connectivity index (χ2n) is 6.78. The van der Waals surface area contributed by atoms with Gasteiger partial charge in [0.25, 0.3) is 0 Å². The summed E-state index contributed by atoms with van der Waals surface area (Å²) >= 11 is 0. The molecule has 1 atom stereocenters. The number of hydrogen-bond acceptors (Lipinski definition) is 6. The SMILES string of the molecule is CCCN(CC(C)c1cccnc1)c1cccc(C(=O)c2cccnc2N)n1. The quantitative estimate of drug-likeness (QED) is 0.604. The number of carbonyl (C=O) groups excluding carboxylic acids is 1. The summed E-state index contributed by atoms with van der Waals surface area (Å²) in [4.78, 5) is 27.9. The number of hydrogen-bond donors (Lipinski definition) is 1. The van der Waals surface area contributed by atoms with Crippen LogP contribution >= 0.6 is 0 Å². The number of pyridine rings is 3. The molecule has 144 valence electrons. The van der Waals surface area contributed by atoms with E-state index in [1.54, 1.807) is 30.6 Å². The molecule has 3 aromatic heterocycles. The zero-order chi connectivity index (χ0) is 19.9.